The van der Waals surface area contributed by atoms with Crippen LogP contribution < -0.4 is 0 Å². The van der Waals surface area contributed by atoms with E-state index in [1.807, 2.05) is 0 Å². The Morgan fingerprint density at radius 1 is 1.43 bits per heavy atom. The Kier molecular flexibility index (Phi) is 2.25. The van der Waals surface area contributed by atoms with E-state index in [2.05, 4.69) is 4.74 Å². The molecule has 2 fully saturated rings. The van der Waals surface area contributed by atoms with Crippen molar-refractivity contribution in [1.29, 1.82) is 0 Å². The molecule has 0 aliphatic heterocycles. The predicted molar refractivity (Wildman–Crippen MR) is 41.7 cm³/mol. The van der Waals surface area contributed by atoms with Crippen LogP contribution in [0.3, 0.4) is 0 Å². The number of hydrogen-bond acceptors (Lipinski definition) is 3. The second-order valence-corrected chi connectivity index (χ2v) is 3.83. The van der Waals surface area contributed by atoms with Gasteiger partial charge in [0, 0.05) is 11.8 Å². The Bertz CT molecular complexity index is 277. The van der Waals surface area contributed by atoms with E-state index in [-0.39, 0.29) is 17.6 Å². The Morgan fingerprint density at radius 3 is 2.64 bits per heavy atom. The van der Waals surface area contributed by atoms with Crippen molar-refractivity contribution in [3.05, 3.63) is 0 Å². The highest BCUT2D eigenvalue weighted by Crippen LogP contribution is 2.43. The largest absolute Gasteiger partial charge is 0.450 e. The van der Waals surface area contributed by atoms with E-state index < -0.39 is 18.5 Å². The van der Waals surface area contributed by atoms with Gasteiger partial charge in [0.25, 0.3) is 0 Å². The van der Waals surface area contributed by atoms with Crippen molar-refractivity contribution in [2.45, 2.75) is 31.8 Å². The molecule has 0 amide bonds. The van der Waals surface area contributed by atoms with Crippen LogP contribution in [0.1, 0.15) is 19.3 Å². The molecule has 0 aromatic heterocycles. The van der Waals surface area contributed by atoms with Crippen LogP contribution in [0, 0.1) is 11.8 Å². The van der Waals surface area contributed by atoms with Gasteiger partial charge in [0.15, 0.2) is 11.9 Å². The van der Waals surface area contributed by atoms with Gasteiger partial charge in [-0.05, 0) is 19.3 Å². The van der Waals surface area contributed by atoms with E-state index in [9.17, 15) is 18.4 Å². The van der Waals surface area contributed by atoms with Crippen LogP contribution in [0.15, 0.2) is 0 Å². The molecule has 2 rings (SSSR count). The van der Waals surface area contributed by atoms with Crippen LogP contribution in [0.4, 0.5) is 8.78 Å². The van der Waals surface area contributed by atoms with E-state index in [1.165, 1.54) is 0 Å². The van der Waals surface area contributed by atoms with Gasteiger partial charge < -0.3 is 4.74 Å². The number of fused-ring (bicyclic) bond motifs is 2. The molecule has 3 atom stereocenters. The molecular weight excluding hydrogens is 194 g/mol. The van der Waals surface area contributed by atoms with Crippen molar-refractivity contribution in [1.82, 2.24) is 0 Å². The fraction of sp³-hybridized carbons (Fsp3) is 0.778. The summed E-state index contributed by atoms with van der Waals surface area (Å²) in [7, 11) is 0. The second kappa shape index (κ2) is 3.29. The third-order valence-corrected chi connectivity index (χ3v) is 3.01. The second-order valence-electron chi connectivity index (χ2n) is 3.83. The topological polar surface area (TPSA) is 43.4 Å². The van der Waals surface area contributed by atoms with Gasteiger partial charge in [0.1, 0.15) is 0 Å². The summed E-state index contributed by atoms with van der Waals surface area (Å²) in [6.45, 7) is 0. The maximum atomic E-state index is 11.9. The van der Waals surface area contributed by atoms with Gasteiger partial charge in [0.05, 0.1) is 0 Å². The molecule has 2 saturated carbocycles. The highest BCUT2D eigenvalue weighted by Gasteiger charge is 2.49. The smallest absolute Gasteiger partial charge is 0.374 e. The average Bonchev–Trinajstić information content (AvgIpc) is 2.69. The van der Waals surface area contributed by atoms with Gasteiger partial charge in [0.2, 0.25) is 0 Å². The number of ether oxygens (including phenoxy) is 1. The van der Waals surface area contributed by atoms with Crippen LogP contribution in [0.25, 0.3) is 0 Å². The molecule has 78 valence electrons. The first-order valence-corrected chi connectivity index (χ1v) is 4.62. The van der Waals surface area contributed by atoms with Crippen molar-refractivity contribution in [2.24, 2.45) is 11.8 Å². The summed E-state index contributed by atoms with van der Waals surface area (Å²) in [4.78, 5) is 22.0. The van der Waals surface area contributed by atoms with Gasteiger partial charge in [-0.15, -0.1) is 0 Å². The summed E-state index contributed by atoms with van der Waals surface area (Å²) in [6, 6.07) is 0. The van der Waals surface area contributed by atoms with E-state index in [1.54, 1.807) is 0 Å². The molecule has 0 N–H and O–H groups in total. The van der Waals surface area contributed by atoms with Crippen molar-refractivity contribution in [3.63, 3.8) is 0 Å². The SMILES string of the molecule is O=C(OC1C(=O)C2CCC1C2)C(F)F. The minimum Gasteiger partial charge on any atom is -0.450 e. The van der Waals surface area contributed by atoms with Gasteiger partial charge in [-0.3, -0.25) is 4.79 Å². The van der Waals surface area contributed by atoms with Gasteiger partial charge in [-0.1, -0.05) is 0 Å². The number of esters is 1. The first-order valence-electron chi connectivity index (χ1n) is 4.62. The molecule has 0 aromatic rings. The van der Waals surface area contributed by atoms with E-state index in [4.69, 9.17) is 0 Å². The van der Waals surface area contributed by atoms with Crippen LogP contribution in [0.2, 0.25) is 0 Å². The molecule has 3 nitrogen and oxygen atoms in total. The zero-order valence-electron chi connectivity index (χ0n) is 7.41. The molecule has 0 saturated heterocycles. The molecule has 0 heterocycles. The molecule has 0 radical (unpaired) electrons. The Balaban J connectivity index is 1.99. The maximum Gasteiger partial charge on any atom is 0.374 e. The summed E-state index contributed by atoms with van der Waals surface area (Å²) in [5.41, 5.74) is 0. The number of hydrogen-bond donors (Lipinski definition) is 0. The minimum atomic E-state index is -3.14. The standard InChI is InChI=1S/C9H10F2O3/c10-8(11)9(13)14-7-5-2-1-4(3-5)6(7)12/h4-5,7-8H,1-3H2. The molecule has 5 heteroatoms. The van der Waals surface area contributed by atoms with E-state index in [0.717, 1.165) is 12.8 Å². The van der Waals surface area contributed by atoms with Crippen LogP contribution >= 0.6 is 0 Å². The highest BCUT2D eigenvalue weighted by molar-refractivity contribution is 5.91. The summed E-state index contributed by atoms with van der Waals surface area (Å²) in [6.07, 6.45) is -1.72. The fourth-order valence-corrected chi connectivity index (χ4v) is 2.35. The monoisotopic (exact) mass is 204 g/mol. The van der Waals surface area contributed by atoms with Crippen LogP contribution in [-0.4, -0.2) is 24.3 Å². The lowest BCUT2D eigenvalue weighted by Gasteiger charge is -2.20. The van der Waals surface area contributed by atoms with Crippen molar-refractivity contribution in [2.75, 3.05) is 0 Å². The van der Waals surface area contributed by atoms with Gasteiger partial charge >= 0.3 is 12.4 Å². The maximum absolute atomic E-state index is 11.9. The van der Waals surface area contributed by atoms with Crippen molar-refractivity contribution in [3.8, 4) is 0 Å². The molecule has 14 heavy (non-hydrogen) atoms. The first kappa shape index (κ1) is 9.55. The molecule has 2 aliphatic carbocycles. The lowest BCUT2D eigenvalue weighted by atomic mass is 9.96. The third-order valence-electron chi connectivity index (χ3n) is 3.01. The normalized spacial score (nSPS) is 35.4. The molecule has 2 bridgehead atoms. The number of alkyl halides is 2. The van der Waals surface area contributed by atoms with Crippen molar-refractivity contribution < 1.29 is 23.1 Å². The van der Waals surface area contributed by atoms with Gasteiger partial charge in [-0.25, -0.2) is 4.79 Å². The number of rotatable bonds is 2. The van der Waals surface area contributed by atoms with E-state index in [0.29, 0.717) is 6.42 Å². The van der Waals surface area contributed by atoms with Crippen molar-refractivity contribution >= 4 is 11.8 Å². The van der Waals surface area contributed by atoms with Crippen LogP contribution in [0.5, 0.6) is 0 Å². The summed E-state index contributed by atoms with van der Waals surface area (Å²) in [5.74, 6) is -1.82. The minimum absolute atomic E-state index is 0.0183. The molecule has 2 aliphatic rings. The third kappa shape index (κ3) is 1.40. The molecule has 0 spiro atoms. The lowest BCUT2D eigenvalue weighted by Crippen LogP contribution is -2.34. The van der Waals surface area contributed by atoms with E-state index >= 15 is 0 Å². The molecular formula is C9H10F2O3. The lowest BCUT2D eigenvalue weighted by molar-refractivity contribution is -0.168. The molecule has 0 aromatic carbocycles. The number of ketones is 1. The van der Waals surface area contributed by atoms with Crippen LogP contribution in [-0.2, 0) is 14.3 Å². The zero-order valence-corrected chi connectivity index (χ0v) is 7.41. The Labute approximate surface area is 79.4 Å². The zero-order chi connectivity index (χ0) is 10.3. The predicted octanol–water partition coefficient (Wildman–Crippen LogP) is 1.16. The number of carbonyl (C=O) groups is 2. The summed E-state index contributed by atoms with van der Waals surface area (Å²) < 4.78 is 28.2. The number of carbonyl (C=O) groups excluding carboxylic acids is 2. The average molecular weight is 204 g/mol. The van der Waals surface area contributed by atoms with Gasteiger partial charge in [-0.2, -0.15) is 8.78 Å². The summed E-state index contributed by atoms with van der Waals surface area (Å²) in [5, 5.41) is 0. The summed E-state index contributed by atoms with van der Waals surface area (Å²) >= 11 is 0. The Morgan fingerprint density at radius 2 is 2.14 bits per heavy atom. The fourth-order valence-electron chi connectivity index (χ4n) is 2.35. The first-order chi connectivity index (χ1) is 6.59. The quantitative estimate of drug-likeness (QED) is 0.634. The highest BCUT2D eigenvalue weighted by atomic mass is 19.3. The number of halogens is 2. The Hall–Kier alpha value is -1.00. The number of Topliss-reactive ketones (excluding diaryl/α,β-unsaturated/α-hetero) is 1. The molecule has 3 unspecified atom stereocenters.